The van der Waals surface area contributed by atoms with Crippen molar-refractivity contribution in [3.05, 3.63) is 247 Å². The standard InChI is InChI=1S/C25H23NO4.C25H25NO2.C16H17NO/c1-16-6-4-9-21(17(16)2)24(27)26-23-15-19(12-13-22(23)25(28)29)11-10-18-7-5-8-20(14-18)30-3;1-17-7-5-10-23(19(17)3)25(27)26-24-16-21(12-11-18(24)2)14-13-20-8-6-9-22(15-20)28-4;1-12-6-7-14(11-16(12)17)9-8-13-4-3-5-15(10-13)18-2/h4-15H,1-3H3,(H,26,27)(H,28,29);5-16H,1-4H3,(H,26,27);3-11H,17H2,1-2H3/b11-10+;14-13+;9-8+. The van der Waals surface area contributed by atoms with Crippen molar-refractivity contribution in [3.8, 4) is 17.2 Å². The average molecular weight is 1010 g/mol. The van der Waals surface area contributed by atoms with E-state index in [-0.39, 0.29) is 23.1 Å². The van der Waals surface area contributed by atoms with E-state index in [1.807, 2.05) is 211 Å². The van der Waals surface area contributed by atoms with Gasteiger partial charge in [-0.05, 0) is 181 Å². The first-order valence-electron chi connectivity index (χ1n) is 24.6. The van der Waals surface area contributed by atoms with Gasteiger partial charge in [-0.15, -0.1) is 0 Å². The molecule has 0 fully saturated rings. The van der Waals surface area contributed by atoms with Crippen molar-refractivity contribution in [3.63, 3.8) is 0 Å². The Kier molecular flexibility index (Phi) is 19.9. The van der Waals surface area contributed by atoms with Crippen LogP contribution in [0.25, 0.3) is 36.5 Å². The summed E-state index contributed by atoms with van der Waals surface area (Å²) in [7, 11) is 4.94. The fraction of sp³-hybridized carbons (Fsp3) is 0.136. The van der Waals surface area contributed by atoms with Gasteiger partial charge < -0.3 is 35.7 Å². The number of rotatable bonds is 14. The van der Waals surface area contributed by atoms with Crippen LogP contribution in [-0.4, -0.2) is 44.2 Å². The summed E-state index contributed by atoms with van der Waals surface area (Å²) in [5, 5.41) is 15.3. The van der Waals surface area contributed by atoms with E-state index >= 15 is 0 Å². The van der Waals surface area contributed by atoms with E-state index in [4.69, 9.17) is 19.9 Å². The predicted octanol–water partition coefficient (Wildman–Crippen LogP) is 15.2. The first kappa shape index (κ1) is 55.9. The van der Waals surface area contributed by atoms with Gasteiger partial charge in [0, 0.05) is 22.5 Å². The van der Waals surface area contributed by atoms with Gasteiger partial charge in [0.15, 0.2) is 0 Å². The number of hydrogen-bond donors (Lipinski definition) is 4. The fourth-order valence-electron chi connectivity index (χ4n) is 7.78. The van der Waals surface area contributed by atoms with Crippen LogP contribution in [0.5, 0.6) is 17.2 Å². The largest absolute Gasteiger partial charge is 0.497 e. The number of anilines is 3. The Morgan fingerprint density at radius 3 is 1.16 bits per heavy atom. The van der Waals surface area contributed by atoms with Crippen LogP contribution in [0.2, 0.25) is 0 Å². The van der Waals surface area contributed by atoms with Crippen LogP contribution in [0, 0.1) is 41.5 Å². The SMILES string of the molecule is COc1cccc(/C=C/c2ccc(C(=O)O)c(NC(=O)c3cccc(C)c3C)c2)c1.COc1cccc(/C=C/c2ccc(C)c(N)c2)c1.COc1cccc(/C=C/c2ccc(C)c(NC(=O)c3cccc(C)c3C)c2)c1. The number of aromatic carboxylic acids is 1. The molecular formula is C66H65N3O7. The highest BCUT2D eigenvalue weighted by Crippen LogP contribution is 2.25. The molecule has 0 aliphatic heterocycles. The minimum atomic E-state index is -1.10. The molecule has 0 unspecified atom stereocenters. The first-order valence-corrected chi connectivity index (χ1v) is 24.6. The van der Waals surface area contributed by atoms with Crippen LogP contribution in [-0.2, 0) is 0 Å². The molecule has 386 valence electrons. The Morgan fingerprint density at radius 1 is 0.395 bits per heavy atom. The summed E-state index contributed by atoms with van der Waals surface area (Å²) in [5.74, 6) is 0.911. The third-order valence-electron chi connectivity index (χ3n) is 12.7. The molecule has 8 aromatic rings. The maximum atomic E-state index is 12.8. The summed E-state index contributed by atoms with van der Waals surface area (Å²) < 4.78 is 15.7. The number of aryl methyl sites for hydroxylation is 4. The van der Waals surface area contributed by atoms with Gasteiger partial charge in [-0.2, -0.15) is 0 Å². The maximum Gasteiger partial charge on any atom is 0.337 e. The van der Waals surface area contributed by atoms with E-state index in [1.54, 1.807) is 39.5 Å². The molecule has 8 rings (SSSR count). The van der Waals surface area contributed by atoms with Gasteiger partial charge in [-0.1, -0.05) is 127 Å². The number of ether oxygens (including phenoxy) is 3. The molecule has 0 saturated carbocycles. The van der Waals surface area contributed by atoms with Gasteiger partial charge in [-0.25, -0.2) is 4.79 Å². The highest BCUT2D eigenvalue weighted by atomic mass is 16.5. The van der Waals surface area contributed by atoms with Crippen molar-refractivity contribution < 1.29 is 33.7 Å². The van der Waals surface area contributed by atoms with Crippen molar-refractivity contribution >= 4 is 71.3 Å². The summed E-state index contributed by atoms with van der Waals surface area (Å²) in [5.41, 5.74) is 21.1. The Morgan fingerprint density at radius 2 is 0.750 bits per heavy atom. The van der Waals surface area contributed by atoms with E-state index < -0.39 is 5.97 Å². The smallest absolute Gasteiger partial charge is 0.337 e. The molecule has 0 aliphatic carbocycles. The number of nitrogens with one attached hydrogen (secondary N) is 2. The predicted molar refractivity (Wildman–Crippen MR) is 314 cm³/mol. The van der Waals surface area contributed by atoms with Crippen LogP contribution >= 0.6 is 0 Å². The van der Waals surface area contributed by atoms with Crippen LogP contribution < -0.4 is 30.6 Å². The lowest BCUT2D eigenvalue weighted by molar-refractivity contribution is 0.0697. The monoisotopic (exact) mass is 1010 g/mol. The van der Waals surface area contributed by atoms with E-state index in [0.717, 1.165) is 95.4 Å². The zero-order valence-electron chi connectivity index (χ0n) is 44.5. The van der Waals surface area contributed by atoms with Gasteiger partial charge in [0.05, 0.1) is 32.6 Å². The zero-order chi connectivity index (χ0) is 54.7. The molecule has 8 aromatic carbocycles. The van der Waals surface area contributed by atoms with Crippen LogP contribution in [0.1, 0.15) is 97.8 Å². The topological polar surface area (TPSA) is 149 Å². The summed E-state index contributed by atoms with van der Waals surface area (Å²) in [6.07, 6.45) is 11.9. The third kappa shape index (κ3) is 15.8. The van der Waals surface area contributed by atoms with Gasteiger partial charge in [0.25, 0.3) is 11.8 Å². The van der Waals surface area contributed by atoms with E-state index in [2.05, 4.69) is 16.7 Å². The number of hydrogen-bond acceptors (Lipinski definition) is 7. The van der Waals surface area contributed by atoms with Gasteiger partial charge in [-0.3, -0.25) is 9.59 Å². The highest BCUT2D eigenvalue weighted by molar-refractivity contribution is 6.09. The quantitative estimate of drug-likeness (QED) is 0.0621. The lowest BCUT2D eigenvalue weighted by Crippen LogP contribution is -2.16. The van der Waals surface area contributed by atoms with Crippen LogP contribution in [0.4, 0.5) is 17.1 Å². The molecule has 0 spiro atoms. The van der Waals surface area contributed by atoms with Crippen LogP contribution in [0.15, 0.2) is 164 Å². The van der Waals surface area contributed by atoms with Gasteiger partial charge in [0.2, 0.25) is 0 Å². The summed E-state index contributed by atoms with van der Waals surface area (Å²) in [6.45, 7) is 11.8. The highest BCUT2D eigenvalue weighted by Gasteiger charge is 2.16. The van der Waals surface area contributed by atoms with Crippen molar-refractivity contribution in [2.45, 2.75) is 41.5 Å². The summed E-state index contributed by atoms with van der Waals surface area (Å²) in [4.78, 5) is 37.2. The maximum absolute atomic E-state index is 12.8. The second-order valence-electron chi connectivity index (χ2n) is 18.0. The van der Waals surface area contributed by atoms with E-state index in [9.17, 15) is 19.5 Å². The number of carbonyl (C=O) groups is 3. The molecule has 0 bridgehead atoms. The molecule has 10 nitrogen and oxygen atoms in total. The molecule has 2 amide bonds. The number of amides is 2. The van der Waals surface area contributed by atoms with Crippen molar-refractivity contribution in [1.82, 2.24) is 0 Å². The first-order chi connectivity index (χ1) is 36.5. The second-order valence-corrected chi connectivity index (χ2v) is 18.0. The number of benzene rings is 8. The molecule has 0 radical (unpaired) electrons. The third-order valence-corrected chi connectivity index (χ3v) is 12.7. The molecule has 10 heteroatoms. The Hall–Kier alpha value is -9.41. The zero-order valence-corrected chi connectivity index (χ0v) is 44.5. The molecule has 0 aliphatic rings. The Bertz CT molecular complexity index is 3440. The number of carboxylic acids is 1. The molecule has 0 saturated heterocycles. The van der Waals surface area contributed by atoms with E-state index in [1.165, 1.54) is 6.07 Å². The molecule has 0 atom stereocenters. The molecular weight excluding hydrogens is 947 g/mol. The number of methoxy groups -OCH3 is 3. The number of carboxylic acid groups (broad SMARTS) is 1. The second kappa shape index (κ2) is 27.0. The van der Waals surface area contributed by atoms with Crippen molar-refractivity contribution in [2.75, 3.05) is 37.7 Å². The minimum absolute atomic E-state index is 0.0344. The summed E-state index contributed by atoms with van der Waals surface area (Å²) in [6, 6.07) is 51.6. The van der Waals surface area contributed by atoms with Gasteiger partial charge >= 0.3 is 5.97 Å². The molecule has 5 N–H and O–H groups in total. The normalized spacial score (nSPS) is 10.8. The Balaban J connectivity index is 0.000000191. The van der Waals surface area contributed by atoms with Gasteiger partial charge in [0.1, 0.15) is 17.2 Å². The number of carbonyl (C=O) groups excluding carboxylic acids is 2. The van der Waals surface area contributed by atoms with Crippen LogP contribution in [0.3, 0.4) is 0 Å². The fourth-order valence-corrected chi connectivity index (χ4v) is 7.78. The minimum Gasteiger partial charge on any atom is -0.497 e. The summed E-state index contributed by atoms with van der Waals surface area (Å²) >= 11 is 0. The van der Waals surface area contributed by atoms with E-state index in [0.29, 0.717) is 11.1 Å². The molecule has 0 heterocycles. The van der Waals surface area contributed by atoms with Crippen molar-refractivity contribution in [1.29, 1.82) is 0 Å². The number of nitrogens with two attached hydrogens (primary N) is 1. The lowest BCUT2D eigenvalue weighted by Gasteiger charge is -2.12. The molecule has 0 aromatic heterocycles. The van der Waals surface area contributed by atoms with Crippen molar-refractivity contribution in [2.24, 2.45) is 0 Å². The average Bonchev–Trinajstić information content (AvgIpc) is 3.42. The number of nitrogen functional groups attached to an aromatic ring is 1. The lowest BCUT2D eigenvalue weighted by atomic mass is 10.0. The Labute approximate surface area is 446 Å². The molecule has 76 heavy (non-hydrogen) atoms.